The molecule has 7 heteroatoms. The van der Waals surface area contributed by atoms with E-state index in [2.05, 4.69) is 4.72 Å². The maximum absolute atomic E-state index is 11.2. The average Bonchev–Trinajstić information content (AvgIpc) is 2.81. The van der Waals surface area contributed by atoms with Crippen LogP contribution in [0.15, 0.2) is 0 Å². The third-order valence-electron chi connectivity index (χ3n) is 2.38. The Morgan fingerprint density at radius 1 is 1.50 bits per heavy atom. The lowest BCUT2D eigenvalue weighted by molar-refractivity contribution is -0.143. The Balaban J connectivity index is 2.54. The average molecular weight is 222 g/mol. The van der Waals surface area contributed by atoms with Gasteiger partial charge in [0, 0.05) is 20.6 Å². The molecular weight excluding hydrogens is 208 g/mol. The highest BCUT2D eigenvalue weighted by atomic mass is 32.2. The summed E-state index contributed by atoms with van der Waals surface area (Å²) in [6.45, 7) is -0.0250. The Hall–Kier alpha value is -0.660. The smallest absolute Gasteiger partial charge is 0.310 e. The zero-order chi connectivity index (χ0) is 11.0. The molecule has 1 fully saturated rings. The monoisotopic (exact) mass is 222 g/mol. The van der Waals surface area contributed by atoms with Crippen molar-refractivity contribution < 1.29 is 18.3 Å². The fourth-order valence-electron chi connectivity index (χ4n) is 0.976. The lowest BCUT2D eigenvalue weighted by atomic mass is 10.1. The quantitative estimate of drug-likeness (QED) is 0.640. The summed E-state index contributed by atoms with van der Waals surface area (Å²) in [6, 6.07) is 0. The van der Waals surface area contributed by atoms with Gasteiger partial charge >= 0.3 is 5.97 Å². The molecule has 2 N–H and O–H groups in total. The van der Waals surface area contributed by atoms with Crippen molar-refractivity contribution in [1.82, 2.24) is 9.03 Å². The van der Waals surface area contributed by atoms with Gasteiger partial charge in [-0.25, -0.2) is 4.72 Å². The third kappa shape index (κ3) is 2.23. The number of nitrogens with zero attached hydrogens (tertiary/aromatic N) is 1. The molecule has 1 rings (SSSR count). The zero-order valence-electron chi connectivity index (χ0n) is 8.15. The molecule has 6 nitrogen and oxygen atoms in total. The van der Waals surface area contributed by atoms with Crippen molar-refractivity contribution in [2.45, 2.75) is 12.8 Å². The first-order chi connectivity index (χ1) is 6.30. The molecule has 0 saturated heterocycles. The van der Waals surface area contributed by atoms with Crippen molar-refractivity contribution in [3.8, 4) is 0 Å². The van der Waals surface area contributed by atoms with E-state index in [0.29, 0.717) is 12.8 Å². The largest absolute Gasteiger partial charge is 0.481 e. The number of aliphatic carboxylic acids is 1. The van der Waals surface area contributed by atoms with Crippen LogP contribution in [0.5, 0.6) is 0 Å². The van der Waals surface area contributed by atoms with Gasteiger partial charge in [0.15, 0.2) is 0 Å². The zero-order valence-corrected chi connectivity index (χ0v) is 8.97. The molecule has 1 aliphatic rings. The summed E-state index contributed by atoms with van der Waals surface area (Å²) in [5.74, 6) is -0.932. The molecule has 0 heterocycles. The Kier molecular flexibility index (Phi) is 2.84. The lowest BCUT2D eigenvalue weighted by Crippen LogP contribution is -2.40. The highest BCUT2D eigenvalue weighted by Gasteiger charge is 2.50. The number of carboxylic acids is 1. The predicted molar refractivity (Wildman–Crippen MR) is 49.9 cm³/mol. The van der Waals surface area contributed by atoms with Gasteiger partial charge in [-0.15, -0.1) is 0 Å². The van der Waals surface area contributed by atoms with Crippen LogP contribution in [-0.4, -0.2) is 44.4 Å². The Morgan fingerprint density at radius 3 is 2.29 bits per heavy atom. The third-order valence-corrected chi connectivity index (χ3v) is 3.85. The maximum Gasteiger partial charge on any atom is 0.310 e. The first kappa shape index (κ1) is 11.4. The molecule has 0 aromatic heterocycles. The molecule has 0 bridgehead atoms. The highest BCUT2D eigenvalue weighted by molar-refractivity contribution is 7.87. The van der Waals surface area contributed by atoms with Crippen LogP contribution in [0.25, 0.3) is 0 Å². The van der Waals surface area contributed by atoms with Gasteiger partial charge in [0.2, 0.25) is 0 Å². The molecule has 0 radical (unpaired) electrons. The molecule has 0 amide bonds. The van der Waals surface area contributed by atoms with E-state index in [1.165, 1.54) is 14.1 Å². The summed E-state index contributed by atoms with van der Waals surface area (Å²) >= 11 is 0. The molecule has 1 saturated carbocycles. The van der Waals surface area contributed by atoms with Crippen LogP contribution in [-0.2, 0) is 15.0 Å². The fraction of sp³-hybridized carbons (Fsp3) is 0.857. The molecular formula is C7H14N2O4S. The topological polar surface area (TPSA) is 86.7 Å². The lowest BCUT2D eigenvalue weighted by Gasteiger charge is -2.15. The van der Waals surface area contributed by atoms with E-state index in [-0.39, 0.29) is 6.54 Å². The molecule has 0 unspecified atom stereocenters. The van der Waals surface area contributed by atoms with E-state index in [1.807, 2.05) is 0 Å². The minimum absolute atomic E-state index is 0.0250. The van der Waals surface area contributed by atoms with Crippen molar-refractivity contribution in [3.05, 3.63) is 0 Å². The fourth-order valence-corrected chi connectivity index (χ4v) is 1.69. The highest BCUT2D eigenvalue weighted by Crippen LogP contribution is 2.45. The number of carboxylic acid groups (broad SMARTS) is 1. The van der Waals surface area contributed by atoms with E-state index in [9.17, 15) is 13.2 Å². The summed E-state index contributed by atoms with van der Waals surface area (Å²) in [6.07, 6.45) is 1.08. The number of rotatable bonds is 5. The van der Waals surface area contributed by atoms with Gasteiger partial charge in [0.05, 0.1) is 5.41 Å². The van der Waals surface area contributed by atoms with Gasteiger partial charge in [-0.05, 0) is 12.8 Å². The standard InChI is InChI=1S/C7H14N2O4S/c1-9(2)14(12,13)8-5-7(3-4-7)6(10)11/h8H,3-5H2,1-2H3,(H,10,11). The van der Waals surface area contributed by atoms with Gasteiger partial charge in [-0.2, -0.15) is 12.7 Å². The minimum Gasteiger partial charge on any atom is -0.481 e. The molecule has 0 aliphatic heterocycles. The molecule has 0 atom stereocenters. The molecule has 82 valence electrons. The molecule has 0 spiro atoms. The van der Waals surface area contributed by atoms with Gasteiger partial charge in [0.25, 0.3) is 10.2 Å². The summed E-state index contributed by atoms with van der Waals surface area (Å²) in [5, 5.41) is 8.79. The number of carbonyl (C=O) groups is 1. The molecule has 1 aliphatic carbocycles. The van der Waals surface area contributed by atoms with Crippen molar-refractivity contribution in [1.29, 1.82) is 0 Å². The summed E-state index contributed by atoms with van der Waals surface area (Å²) in [4.78, 5) is 10.7. The van der Waals surface area contributed by atoms with E-state index in [1.54, 1.807) is 0 Å². The van der Waals surface area contributed by atoms with Crippen LogP contribution in [0.4, 0.5) is 0 Å². The van der Waals surface area contributed by atoms with Crippen LogP contribution in [0.1, 0.15) is 12.8 Å². The number of hydrogen-bond donors (Lipinski definition) is 2. The summed E-state index contributed by atoms with van der Waals surface area (Å²) in [7, 11) is -0.722. The van der Waals surface area contributed by atoms with Crippen LogP contribution < -0.4 is 4.72 Å². The van der Waals surface area contributed by atoms with Crippen molar-refractivity contribution in [2.24, 2.45) is 5.41 Å². The summed E-state index contributed by atoms with van der Waals surface area (Å²) < 4.78 is 25.8. The van der Waals surface area contributed by atoms with E-state index in [0.717, 1.165) is 4.31 Å². The second-order valence-electron chi connectivity index (χ2n) is 3.69. The van der Waals surface area contributed by atoms with Gasteiger partial charge in [-0.3, -0.25) is 4.79 Å². The van der Waals surface area contributed by atoms with E-state index >= 15 is 0 Å². The van der Waals surface area contributed by atoms with Crippen LogP contribution in [0.2, 0.25) is 0 Å². The van der Waals surface area contributed by atoms with Crippen molar-refractivity contribution >= 4 is 16.2 Å². The molecule has 14 heavy (non-hydrogen) atoms. The van der Waals surface area contributed by atoms with E-state index in [4.69, 9.17) is 5.11 Å². The maximum atomic E-state index is 11.2. The van der Waals surface area contributed by atoms with Crippen molar-refractivity contribution in [2.75, 3.05) is 20.6 Å². The van der Waals surface area contributed by atoms with Gasteiger partial charge in [-0.1, -0.05) is 0 Å². The molecule has 0 aromatic carbocycles. The second kappa shape index (κ2) is 3.48. The Morgan fingerprint density at radius 2 is 2.00 bits per heavy atom. The minimum atomic E-state index is -3.50. The first-order valence-electron chi connectivity index (χ1n) is 4.21. The summed E-state index contributed by atoms with van der Waals surface area (Å²) in [5.41, 5.74) is -0.858. The van der Waals surface area contributed by atoms with Gasteiger partial charge in [0.1, 0.15) is 0 Å². The van der Waals surface area contributed by atoms with Crippen LogP contribution in [0.3, 0.4) is 0 Å². The SMILES string of the molecule is CN(C)S(=O)(=O)NCC1(C(=O)O)CC1. The van der Waals surface area contributed by atoms with Crippen LogP contribution in [0, 0.1) is 5.41 Å². The number of nitrogens with one attached hydrogen (secondary N) is 1. The second-order valence-corrected chi connectivity index (χ2v) is 5.66. The Labute approximate surface area is 83.1 Å². The molecule has 0 aromatic rings. The van der Waals surface area contributed by atoms with Gasteiger partial charge < -0.3 is 5.11 Å². The van der Waals surface area contributed by atoms with Crippen LogP contribution >= 0.6 is 0 Å². The normalized spacial score (nSPS) is 19.6. The van der Waals surface area contributed by atoms with Crippen molar-refractivity contribution in [3.63, 3.8) is 0 Å². The first-order valence-corrected chi connectivity index (χ1v) is 5.65. The predicted octanol–water partition coefficient (Wildman–Crippen LogP) is -0.753. The number of hydrogen-bond acceptors (Lipinski definition) is 3. The Bertz CT molecular complexity index is 332. The van der Waals surface area contributed by atoms with E-state index < -0.39 is 21.6 Å².